The van der Waals surface area contributed by atoms with E-state index in [0.29, 0.717) is 25.5 Å². The van der Waals surface area contributed by atoms with Gasteiger partial charge in [-0.1, -0.05) is 12.1 Å². The van der Waals surface area contributed by atoms with Gasteiger partial charge >= 0.3 is 0 Å². The van der Waals surface area contributed by atoms with Gasteiger partial charge in [0.25, 0.3) is 5.91 Å². The Morgan fingerprint density at radius 3 is 2.87 bits per heavy atom. The summed E-state index contributed by atoms with van der Waals surface area (Å²) in [6.45, 7) is 5.73. The molecule has 1 aromatic carbocycles. The van der Waals surface area contributed by atoms with Gasteiger partial charge < -0.3 is 14.4 Å². The molecule has 1 amide bonds. The SMILES string of the molecule is Cc1nn(C)c(C)c1-c1cc(C(=O)N2CCCC2c2cccc3c2OCCO3)[nH]n1. The number of aromatic amines is 1. The third-order valence-corrected chi connectivity index (χ3v) is 6.04. The number of fused-ring (bicyclic) bond motifs is 1. The molecular formula is C22H25N5O3. The van der Waals surface area contributed by atoms with E-state index in [2.05, 4.69) is 15.3 Å². The number of nitrogens with zero attached hydrogens (tertiary/aromatic N) is 4. The largest absolute Gasteiger partial charge is 0.486 e. The van der Waals surface area contributed by atoms with Gasteiger partial charge in [0.2, 0.25) is 0 Å². The highest BCUT2D eigenvalue weighted by Gasteiger charge is 2.34. The Morgan fingerprint density at radius 2 is 2.07 bits per heavy atom. The number of hydrogen-bond acceptors (Lipinski definition) is 5. The van der Waals surface area contributed by atoms with Crippen molar-refractivity contribution >= 4 is 5.91 Å². The number of para-hydroxylation sites is 1. The molecule has 2 aliphatic rings. The maximum Gasteiger partial charge on any atom is 0.272 e. The van der Waals surface area contributed by atoms with Crippen LogP contribution in [-0.4, -0.2) is 50.5 Å². The number of carbonyl (C=O) groups is 1. The molecule has 0 aliphatic carbocycles. The molecule has 3 aromatic rings. The third-order valence-electron chi connectivity index (χ3n) is 6.04. The first kappa shape index (κ1) is 18.7. The van der Waals surface area contributed by atoms with Crippen molar-refractivity contribution in [3.05, 3.63) is 46.9 Å². The zero-order valence-electron chi connectivity index (χ0n) is 17.4. The zero-order chi connectivity index (χ0) is 20.8. The van der Waals surface area contributed by atoms with E-state index >= 15 is 0 Å². The molecule has 1 atom stereocenters. The summed E-state index contributed by atoms with van der Waals surface area (Å²) in [6, 6.07) is 7.70. The van der Waals surface area contributed by atoms with Gasteiger partial charge in [-0.05, 0) is 38.8 Å². The predicted octanol–water partition coefficient (Wildman–Crippen LogP) is 3.18. The molecule has 1 unspecified atom stereocenters. The monoisotopic (exact) mass is 407 g/mol. The fraction of sp³-hybridized carbons (Fsp3) is 0.409. The van der Waals surface area contributed by atoms with Crippen LogP contribution in [0.5, 0.6) is 11.5 Å². The van der Waals surface area contributed by atoms with E-state index in [-0.39, 0.29) is 11.9 Å². The summed E-state index contributed by atoms with van der Waals surface area (Å²) in [4.78, 5) is 15.3. The molecule has 0 spiro atoms. The van der Waals surface area contributed by atoms with Crippen molar-refractivity contribution in [2.45, 2.75) is 32.7 Å². The van der Waals surface area contributed by atoms with Gasteiger partial charge in [0.1, 0.15) is 18.9 Å². The van der Waals surface area contributed by atoms with Crippen molar-refractivity contribution in [2.24, 2.45) is 7.05 Å². The number of H-pyrrole nitrogens is 1. The van der Waals surface area contributed by atoms with Crippen LogP contribution in [0.15, 0.2) is 24.3 Å². The molecule has 0 bridgehead atoms. The topological polar surface area (TPSA) is 85.3 Å². The molecule has 2 aliphatic heterocycles. The number of nitrogens with one attached hydrogen (secondary N) is 1. The second kappa shape index (κ2) is 7.19. The van der Waals surface area contributed by atoms with E-state index in [0.717, 1.165) is 52.5 Å². The number of ether oxygens (including phenoxy) is 2. The summed E-state index contributed by atoms with van der Waals surface area (Å²) < 4.78 is 13.5. The van der Waals surface area contributed by atoms with Crippen molar-refractivity contribution in [3.8, 4) is 22.8 Å². The van der Waals surface area contributed by atoms with Crippen molar-refractivity contribution in [2.75, 3.05) is 19.8 Å². The fourth-order valence-corrected chi connectivity index (χ4v) is 4.55. The van der Waals surface area contributed by atoms with Crippen LogP contribution in [0.3, 0.4) is 0 Å². The van der Waals surface area contributed by atoms with E-state index in [1.807, 2.05) is 54.7 Å². The summed E-state index contributed by atoms with van der Waals surface area (Å²) in [5.74, 6) is 1.47. The minimum absolute atomic E-state index is 0.0391. The molecule has 1 N–H and O–H groups in total. The standard InChI is InChI=1S/C22H25N5O3/c1-13-20(14(2)26(3)25-13)16-12-17(24-23-16)22(28)27-9-5-7-18(27)15-6-4-8-19-21(15)30-11-10-29-19/h4,6,8,12,18H,5,7,9-11H2,1-3H3,(H,23,24). The Kier molecular flexibility index (Phi) is 4.49. The number of amides is 1. The number of likely N-dealkylation sites (tertiary alicyclic amines) is 1. The number of rotatable bonds is 3. The maximum atomic E-state index is 13.4. The van der Waals surface area contributed by atoms with Gasteiger partial charge in [0.05, 0.1) is 17.4 Å². The quantitative estimate of drug-likeness (QED) is 0.721. The number of benzene rings is 1. The van der Waals surface area contributed by atoms with Gasteiger partial charge in [-0.2, -0.15) is 10.2 Å². The molecule has 4 heterocycles. The van der Waals surface area contributed by atoms with Crippen LogP contribution < -0.4 is 9.47 Å². The molecule has 2 aromatic heterocycles. The van der Waals surface area contributed by atoms with Crippen LogP contribution in [0.2, 0.25) is 0 Å². The van der Waals surface area contributed by atoms with Crippen LogP contribution in [0.25, 0.3) is 11.3 Å². The summed E-state index contributed by atoms with van der Waals surface area (Å²) >= 11 is 0. The minimum Gasteiger partial charge on any atom is -0.486 e. The van der Waals surface area contributed by atoms with E-state index < -0.39 is 0 Å². The van der Waals surface area contributed by atoms with Gasteiger partial charge in [0, 0.05) is 30.4 Å². The lowest BCUT2D eigenvalue weighted by Crippen LogP contribution is -2.31. The van der Waals surface area contributed by atoms with Crippen LogP contribution >= 0.6 is 0 Å². The Morgan fingerprint density at radius 1 is 1.23 bits per heavy atom. The van der Waals surface area contributed by atoms with Gasteiger partial charge in [0.15, 0.2) is 11.5 Å². The number of carbonyl (C=O) groups excluding carboxylic acids is 1. The molecule has 156 valence electrons. The molecule has 8 nitrogen and oxygen atoms in total. The molecule has 8 heteroatoms. The molecule has 0 saturated carbocycles. The summed E-state index contributed by atoms with van der Waals surface area (Å²) in [7, 11) is 1.91. The summed E-state index contributed by atoms with van der Waals surface area (Å²) in [5, 5.41) is 11.8. The number of hydrogen-bond donors (Lipinski definition) is 1. The van der Waals surface area contributed by atoms with E-state index in [1.165, 1.54) is 0 Å². The average Bonchev–Trinajstić information content (AvgIpc) is 3.47. The van der Waals surface area contributed by atoms with Crippen molar-refractivity contribution in [1.82, 2.24) is 24.9 Å². The Balaban J connectivity index is 1.45. The summed E-state index contributed by atoms with van der Waals surface area (Å²) in [6.07, 6.45) is 1.84. The highest BCUT2D eigenvalue weighted by molar-refractivity contribution is 5.94. The molecule has 30 heavy (non-hydrogen) atoms. The van der Waals surface area contributed by atoms with Crippen LogP contribution in [0.4, 0.5) is 0 Å². The molecule has 5 rings (SSSR count). The maximum absolute atomic E-state index is 13.4. The lowest BCUT2D eigenvalue weighted by atomic mass is 10.0. The van der Waals surface area contributed by atoms with Crippen LogP contribution in [0.1, 0.15) is 46.3 Å². The second-order valence-electron chi connectivity index (χ2n) is 7.86. The van der Waals surface area contributed by atoms with E-state index in [4.69, 9.17) is 9.47 Å². The second-order valence-corrected chi connectivity index (χ2v) is 7.86. The minimum atomic E-state index is -0.0511. The summed E-state index contributed by atoms with van der Waals surface area (Å²) in [5.41, 5.74) is 5.12. The Bertz CT molecular complexity index is 1120. The van der Waals surface area contributed by atoms with Gasteiger partial charge in [-0.15, -0.1) is 0 Å². The molecule has 1 fully saturated rings. The smallest absolute Gasteiger partial charge is 0.272 e. The average molecular weight is 407 g/mol. The van der Waals surface area contributed by atoms with Crippen molar-refractivity contribution in [1.29, 1.82) is 0 Å². The normalized spacial score (nSPS) is 18.1. The van der Waals surface area contributed by atoms with E-state index in [9.17, 15) is 4.79 Å². The Hall–Kier alpha value is -3.29. The molecule has 1 saturated heterocycles. The van der Waals surface area contributed by atoms with Gasteiger partial charge in [-0.3, -0.25) is 14.6 Å². The lowest BCUT2D eigenvalue weighted by Gasteiger charge is -2.28. The first-order chi connectivity index (χ1) is 14.5. The number of aromatic nitrogens is 4. The Labute approximate surface area is 174 Å². The predicted molar refractivity (Wildman–Crippen MR) is 111 cm³/mol. The number of aryl methyl sites for hydroxylation is 2. The highest BCUT2D eigenvalue weighted by atomic mass is 16.6. The molecular weight excluding hydrogens is 382 g/mol. The van der Waals surface area contributed by atoms with Crippen molar-refractivity contribution < 1.29 is 14.3 Å². The van der Waals surface area contributed by atoms with Crippen molar-refractivity contribution in [3.63, 3.8) is 0 Å². The first-order valence-electron chi connectivity index (χ1n) is 10.3. The zero-order valence-corrected chi connectivity index (χ0v) is 17.4. The fourth-order valence-electron chi connectivity index (χ4n) is 4.55. The highest BCUT2D eigenvalue weighted by Crippen LogP contribution is 2.43. The third kappa shape index (κ3) is 2.94. The van der Waals surface area contributed by atoms with E-state index in [1.54, 1.807) is 0 Å². The van der Waals surface area contributed by atoms with Crippen LogP contribution in [-0.2, 0) is 7.05 Å². The first-order valence-corrected chi connectivity index (χ1v) is 10.3. The lowest BCUT2D eigenvalue weighted by molar-refractivity contribution is 0.0725. The van der Waals surface area contributed by atoms with Gasteiger partial charge in [-0.25, -0.2) is 0 Å². The van der Waals surface area contributed by atoms with Crippen LogP contribution in [0, 0.1) is 13.8 Å². The molecule has 0 radical (unpaired) electrons.